The number of anilines is 1. The van der Waals surface area contributed by atoms with E-state index in [0.29, 0.717) is 19.0 Å². The van der Waals surface area contributed by atoms with E-state index in [1.54, 1.807) is 17.0 Å². The van der Waals surface area contributed by atoms with Gasteiger partial charge < -0.3 is 9.47 Å². The molecule has 0 atom stereocenters. The Morgan fingerprint density at radius 3 is 2.72 bits per heavy atom. The highest BCUT2D eigenvalue weighted by atomic mass is 32.2. The van der Waals surface area contributed by atoms with Gasteiger partial charge in [-0.15, -0.1) is 10.2 Å². The molecule has 2 aromatic carbocycles. The van der Waals surface area contributed by atoms with E-state index in [2.05, 4.69) is 26.9 Å². The van der Waals surface area contributed by atoms with Gasteiger partial charge in [-0.05, 0) is 42.9 Å². The number of amides is 1. The molecule has 1 aromatic heterocycles. The summed E-state index contributed by atoms with van der Waals surface area (Å²) in [7, 11) is 0. The maximum absolute atomic E-state index is 13.1. The van der Waals surface area contributed by atoms with E-state index in [9.17, 15) is 14.9 Å². The molecule has 0 bridgehead atoms. The molecule has 0 radical (unpaired) electrons. The molecule has 5 rings (SSSR count). The molecule has 2 aliphatic rings. The van der Waals surface area contributed by atoms with Gasteiger partial charge in [0.1, 0.15) is 5.82 Å². The fourth-order valence-corrected chi connectivity index (χ4v) is 4.95. The van der Waals surface area contributed by atoms with Crippen LogP contribution >= 0.6 is 11.8 Å². The summed E-state index contributed by atoms with van der Waals surface area (Å²) in [6, 6.07) is 14.9. The number of non-ortho nitro benzene ring substituents is 1. The van der Waals surface area contributed by atoms with Gasteiger partial charge in [-0.2, -0.15) is 0 Å². The second-order valence-corrected chi connectivity index (χ2v) is 9.14. The minimum Gasteiger partial charge on any atom is -0.311 e. The van der Waals surface area contributed by atoms with E-state index >= 15 is 0 Å². The van der Waals surface area contributed by atoms with Crippen LogP contribution in [0, 0.1) is 10.1 Å². The van der Waals surface area contributed by atoms with Gasteiger partial charge in [0, 0.05) is 30.3 Å². The average molecular weight is 450 g/mol. The summed E-state index contributed by atoms with van der Waals surface area (Å²) in [5.74, 6) is 1.68. The Hall–Kier alpha value is -3.20. The number of benzene rings is 2. The van der Waals surface area contributed by atoms with Crippen molar-refractivity contribution in [3.05, 3.63) is 75.6 Å². The number of nitro benzene ring substituents is 1. The van der Waals surface area contributed by atoms with Crippen molar-refractivity contribution in [2.24, 2.45) is 0 Å². The van der Waals surface area contributed by atoms with Crippen LogP contribution in [0.25, 0.3) is 0 Å². The number of hydrogen-bond acceptors (Lipinski definition) is 6. The third kappa shape index (κ3) is 4.25. The average Bonchev–Trinajstić information content (AvgIpc) is 3.58. The third-order valence-corrected chi connectivity index (χ3v) is 6.84. The zero-order valence-corrected chi connectivity index (χ0v) is 18.3. The van der Waals surface area contributed by atoms with Crippen molar-refractivity contribution >= 4 is 29.0 Å². The third-order valence-electron chi connectivity index (χ3n) is 5.89. The highest BCUT2D eigenvalue weighted by Crippen LogP contribution is 2.40. The number of carbonyl (C=O) groups is 1. The zero-order chi connectivity index (χ0) is 22.1. The van der Waals surface area contributed by atoms with E-state index in [1.165, 1.54) is 23.4 Å². The van der Waals surface area contributed by atoms with E-state index in [4.69, 9.17) is 0 Å². The smallest absolute Gasteiger partial charge is 0.269 e. The van der Waals surface area contributed by atoms with Crippen molar-refractivity contribution in [1.29, 1.82) is 0 Å². The van der Waals surface area contributed by atoms with Crippen LogP contribution in [0.4, 0.5) is 11.4 Å². The molecule has 8 nitrogen and oxygen atoms in total. The van der Waals surface area contributed by atoms with Crippen molar-refractivity contribution in [3.63, 3.8) is 0 Å². The van der Waals surface area contributed by atoms with Gasteiger partial charge >= 0.3 is 0 Å². The summed E-state index contributed by atoms with van der Waals surface area (Å²) in [6.45, 7) is 1.31. The van der Waals surface area contributed by atoms with Crippen LogP contribution in [0.15, 0.2) is 53.7 Å². The molecule has 164 valence electrons. The number of aryl methyl sites for hydroxylation is 1. The molecule has 2 heterocycles. The van der Waals surface area contributed by atoms with Crippen LogP contribution in [-0.4, -0.2) is 37.9 Å². The number of aromatic nitrogens is 3. The number of hydrogen-bond donors (Lipinski definition) is 0. The molecule has 1 amide bonds. The number of rotatable bonds is 7. The second-order valence-electron chi connectivity index (χ2n) is 8.19. The Bertz CT molecular complexity index is 1160. The van der Waals surface area contributed by atoms with Gasteiger partial charge in [0.15, 0.2) is 5.16 Å². The molecule has 1 saturated carbocycles. The Labute approximate surface area is 189 Å². The lowest BCUT2D eigenvalue weighted by Gasteiger charge is -2.29. The van der Waals surface area contributed by atoms with Crippen molar-refractivity contribution in [3.8, 4) is 0 Å². The fourth-order valence-electron chi connectivity index (χ4n) is 4.13. The molecule has 1 aliphatic heterocycles. The minimum atomic E-state index is -0.395. The van der Waals surface area contributed by atoms with E-state index in [1.807, 2.05) is 18.2 Å². The number of fused-ring (bicyclic) bond motifs is 1. The topological polar surface area (TPSA) is 94.2 Å². The lowest BCUT2D eigenvalue weighted by Crippen LogP contribution is -2.36. The van der Waals surface area contributed by atoms with Crippen LogP contribution in [0.1, 0.15) is 42.1 Å². The molecular formula is C23H23N5O3S. The summed E-state index contributed by atoms with van der Waals surface area (Å²) in [4.78, 5) is 25.5. The lowest BCUT2D eigenvalue weighted by atomic mass is 10.0. The monoisotopic (exact) mass is 449 g/mol. The van der Waals surface area contributed by atoms with Crippen molar-refractivity contribution in [1.82, 2.24) is 14.8 Å². The summed E-state index contributed by atoms with van der Waals surface area (Å²) >= 11 is 1.41. The molecule has 1 aliphatic carbocycles. The molecular weight excluding hydrogens is 426 g/mol. The largest absolute Gasteiger partial charge is 0.311 e. The van der Waals surface area contributed by atoms with Gasteiger partial charge in [-0.25, -0.2) is 0 Å². The Kier molecular flexibility index (Phi) is 5.65. The Balaban J connectivity index is 1.32. The van der Waals surface area contributed by atoms with E-state index < -0.39 is 4.92 Å². The number of thioether (sulfide) groups is 1. The predicted octanol–water partition coefficient (Wildman–Crippen LogP) is 4.18. The van der Waals surface area contributed by atoms with Crippen LogP contribution in [0.5, 0.6) is 0 Å². The number of carbonyl (C=O) groups excluding carboxylic acids is 1. The van der Waals surface area contributed by atoms with Gasteiger partial charge in [0.2, 0.25) is 5.91 Å². The molecule has 3 aromatic rings. The standard InChI is InChI=1S/C23H23N5O3S/c29-21(26-12-4-7-18-13-19(28(30)31)10-11-20(18)26)15-32-23-25-24-22(17-8-9-17)27(23)14-16-5-2-1-3-6-16/h1-3,5-6,10-11,13,17H,4,7-9,12,14-15H2. The molecule has 0 unspecified atom stereocenters. The first-order valence-corrected chi connectivity index (χ1v) is 11.8. The summed E-state index contributed by atoms with van der Waals surface area (Å²) in [6.07, 6.45) is 3.80. The SMILES string of the molecule is O=C(CSc1nnc(C2CC2)n1Cc1ccccc1)N1CCCc2cc([N+](=O)[O-])ccc21. The first-order chi connectivity index (χ1) is 15.6. The van der Waals surface area contributed by atoms with Crippen LogP contribution < -0.4 is 4.90 Å². The quantitative estimate of drug-likeness (QED) is 0.305. The van der Waals surface area contributed by atoms with Crippen molar-refractivity contribution < 1.29 is 9.72 Å². The van der Waals surface area contributed by atoms with Crippen molar-refractivity contribution in [2.45, 2.75) is 43.3 Å². The molecule has 1 fully saturated rings. The fraction of sp³-hybridized carbons (Fsp3) is 0.348. The van der Waals surface area contributed by atoms with Crippen LogP contribution in [0.3, 0.4) is 0 Å². The van der Waals surface area contributed by atoms with Crippen molar-refractivity contribution in [2.75, 3.05) is 17.2 Å². The number of nitro groups is 1. The molecule has 0 saturated heterocycles. The first-order valence-electron chi connectivity index (χ1n) is 10.8. The highest BCUT2D eigenvalue weighted by Gasteiger charge is 2.31. The van der Waals surface area contributed by atoms with Gasteiger partial charge in [-0.1, -0.05) is 42.1 Å². The van der Waals surface area contributed by atoms with E-state index in [-0.39, 0.29) is 17.3 Å². The van der Waals surface area contributed by atoms with Gasteiger partial charge in [0.05, 0.1) is 17.2 Å². The normalized spacial score (nSPS) is 15.4. The summed E-state index contributed by atoms with van der Waals surface area (Å²) in [5.41, 5.74) is 2.87. The zero-order valence-electron chi connectivity index (χ0n) is 17.5. The molecule has 0 N–H and O–H groups in total. The summed E-state index contributed by atoms with van der Waals surface area (Å²) in [5, 5.41) is 20.7. The number of nitrogens with zero attached hydrogens (tertiary/aromatic N) is 5. The van der Waals surface area contributed by atoms with Crippen LogP contribution in [-0.2, 0) is 17.8 Å². The molecule has 9 heteroatoms. The predicted molar refractivity (Wildman–Crippen MR) is 122 cm³/mol. The summed E-state index contributed by atoms with van der Waals surface area (Å²) < 4.78 is 2.14. The molecule has 0 spiro atoms. The minimum absolute atomic E-state index is 0.0213. The Morgan fingerprint density at radius 2 is 1.97 bits per heavy atom. The van der Waals surface area contributed by atoms with Gasteiger partial charge in [-0.3, -0.25) is 14.9 Å². The first kappa shape index (κ1) is 20.7. The maximum Gasteiger partial charge on any atom is 0.269 e. The molecule has 32 heavy (non-hydrogen) atoms. The van der Waals surface area contributed by atoms with Crippen LogP contribution in [0.2, 0.25) is 0 Å². The second kappa shape index (κ2) is 8.74. The van der Waals surface area contributed by atoms with E-state index in [0.717, 1.165) is 47.9 Å². The maximum atomic E-state index is 13.1. The Morgan fingerprint density at radius 1 is 1.16 bits per heavy atom. The highest BCUT2D eigenvalue weighted by molar-refractivity contribution is 7.99. The van der Waals surface area contributed by atoms with Gasteiger partial charge in [0.25, 0.3) is 5.69 Å². The lowest BCUT2D eigenvalue weighted by molar-refractivity contribution is -0.384.